The lowest BCUT2D eigenvalue weighted by Gasteiger charge is -2.52. The van der Waals surface area contributed by atoms with Crippen molar-refractivity contribution in [3.8, 4) is 22.5 Å². The van der Waals surface area contributed by atoms with E-state index < -0.39 is 35.6 Å². The lowest BCUT2D eigenvalue weighted by atomic mass is 9.84. The average Bonchev–Trinajstić information content (AvgIpc) is 4.09. The number of carbonyl (C=O) groups is 3. The number of likely N-dealkylation sites (tertiary alicyclic amines) is 1. The fourth-order valence-electron chi connectivity index (χ4n) is 10.9. The van der Waals surface area contributed by atoms with Crippen molar-refractivity contribution in [1.82, 2.24) is 35.2 Å². The number of cyclic esters (lactones) is 1. The molecule has 3 aromatic heterocycles. The SMILES string of the molecule is CO[C@@H](C)c1ncccc1-c1c2c3cc(ccc3n1CCOC1CCOCC1)-c1csc(n1)[C@@H](N1CC3(CCCO3)C1)[C@H](NC(=O)[C@@H]1OC[C@@H]1C)C(=O)N1CCC[C@H](N1)C(=O)OCC(C)(C)C2. The van der Waals surface area contributed by atoms with E-state index in [0.29, 0.717) is 83.5 Å². The summed E-state index contributed by atoms with van der Waals surface area (Å²) >= 11 is 1.49. The number of methoxy groups -OCH3 is 1. The zero-order valence-corrected chi connectivity index (χ0v) is 40.2. The molecule has 0 aliphatic carbocycles. The predicted molar refractivity (Wildman–Crippen MR) is 251 cm³/mol. The molecule has 10 rings (SSSR count). The molecule has 16 nitrogen and oxygen atoms in total. The number of thiazole rings is 1. The molecule has 6 aliphatic rings. The van der Waals surface area contributed by atoms with E-state index >= 15 is 4.79 Å². The number of ether oxygens (including phenoxy) is 6. The van der Waals surface area contributed by atoms with Gasteiger partial charge in [-0.2, -0.15) is 0 Å². The summed E-state index contributed by atoms with van der Waals surface area (Å²) in [6.45, 7) is 13.6. The molecule has 6 atom stereocenters. The highest BCUT2D eigenvalue weighted by Crippen LogP contribution is 2.45. The number of fused-ring (bicyclic) bond motifs is 6. The van der Waals surface area contributed by atoms with Crippen LogP contribution in [0.4, 0.5) is 0 Å². The molecule has 17 heteroatoms. The minimum atomic E-state index is -1.04. The Hall–Kier alpha value is -4.33. The molecule has 2 amide bonds. The van der Waals surface area contributed by atoms with Crippen LogP contribution in [0.15, 0.2) is 41.9 Å². The molecule has 1 spiro atoms. The minimum absolute atomic E-state index is 0.0118. The Balaban J connectivity index is 1.12. The second-order valence-corrected chi connectivity index (χ2v) is 21.1. The normalized spacial score (nSPS) is 27.3. The maximum Gasteiger partial charge on any atom is 0.324 e. The van der Waals surface area contributed by atoms with Crippen molar-refractivity contribution in [2.45, 2.75) is 121 Å². The van der Waals surface area contributed by atoms with Crippen molar-refractivity contribution >= 4 is 40.0 Å². The predicted octanol–water partition coefficient (Wildman–Crippen LogP) is 5.78. The number of aromatic nitrogens is 3. The maximum absolute atomic E-state index is 15.1. The largest absolute Gasteiger partial charge is 0.464 e. The first kappa shape index (κ1) is 46.4. The van der Waals surface area contributed by atoms with Crippen LogP contribution < -0.4 is 10.7 Å². The highest BCUT2D eigenvalue weighted by Gasteiger charge is 2.53. The van der Waals surface area contributed by atoms with Gasteiger partial charge in [0.25, 0.3) is 5.91 Å². The number of nitrogens with one attached hydrogen (secondary N) is 2. The van der Waals surface area contributed by atoms with Crippen LogP contribution in [0.5, 0.6) is 0 Å². The molecule has 5 saturated heterocycles. The number of rotatable bonds is 10. The topological polar surface area (TPSA) is 168 Å². The van der Waals surface area contributed by atoms with E-state index in [1.165, 1.54) is 16.3 Å². The number of hydrazine groups is 1. The van der Waals surface area contributed by atoms with Crippen LogP contribution in [0.1, 0.15) is 94.6 Å². The van der Waals surface area contributed by atoms with Gasteiger partial charge in [-0.25, -0.2) is 10.4 Å². The molecule has 9 heterocycles. The van der Waals surface area contributed by atoms with Crippen molar-refractivity contribution in [1.29, 1.82) is 0 Å². The van der Waals surface area contributed by atoms with Gasteiger partial charge >= 0.3 is 5.97 Å². The van der Waals surface area contributed by atoms with Gasteiger partial charge < -0.3 is 38.3 Å². The monoisotopic (exact) mass is 939 g/mol. The van der Waals surface area contributed by atoms with Gasteiger partial charge in [0.05, 0.1) is 60.8 Å². The second kappa shape index (κ2) is 19.2. The molecule has 0 radical (unpaired) electrons. The lowest BCUT2D eigenvalue weighted by molar-refractivity contribution is -0.166. The number of benzene rings is 1. The Morgan fingerprint density at radius 3 is 2.69 bits per heavy atom. The van der Waals surface area contributed by atoms with Crippen LogP contribution in [-0.2, 0) is 55.8 Å². The van der Waals surface area contributed by atoms with Gasteiger partial charge in [0.1, 0.15) is 23.2 Å². The van der Waals surface area contributed by atoms with E-state index in [9.17, 15) is 9.59 Å². The van der Waals surface area contributed by atoms with Gasteiger partial charge in [0, 0.05) is 98.0 Å². The molecule has 1 aromatic carbocycles. The number of hydrogen-bond donors (Lipinski definition) is 2. The van der Waals surface area contributed by atoms with Crippen molar-refractivity contribution in [3.05, 3.63) is 58.2 Å². The summed E-state index contributed by atoms with van der Waals surface area (Å²) in [4.78, 5) is 55.7. The Morgan fingerprint density at radius 2 is 1.94 bits per heavy atom. The Kier molecular flexibility index (Phi) is 13.3. The molecule has 5 fully saturated rings. The lowest BCUT2D eigenvalue weighted by Crippen LogP contribution is -2.68. The summed E-state index contributed by atoms with van der Waals surface area (Å²) < 4.78 is 38.7. The highest BCUT2D eigenvalue weighted by atomic mass is 32.1. The van der Waals surface area contributed by atoms with Crippen molar-refractivity contribution < 1.29 is 42.8 Å². The standard InChI is InChI=1S/C50H65N7O9S/c1-30-25-64-44(30)45(58)53-41-43(55-27-50(28-55)15-8-19-66-50)46-52-38(26-67-46)32-11-12-39-35(23-32)36(24-49(3,4)29-65-48(60)37-10-7-17-57(54-37)47(41)59)42(34-9-6-16-51-40(34)31(2)61-5)56(39)18-22-63-33-13-20-62-21-14-33/h6,9,11-12,16,23,26,30-31,33,37,41,43-44,54H,7-8,10,13-15,17-22,24-25,27-29H2,1-5H3,(H,53,58)/t30-,31-,37-,41-,43-,44+/m0/s1. The number of nitrogens with zero attached hydrogens (tertiary/aromatic N) is 5. The number of hydrogen-bond acceptors (Lipinski definition) is 14. The van der Waals surface area contributed by atoms with Gasteiger partial charge in [-0.15, -0.1) is 11.3 Å². The van der Waals surface area contributed by atoms with Crippen molar-refractivity contribution in [2.75, 3.05) is 66.4 Å². The molecule has 0 unspecified atom stereocenters. The van der Waals surface area contributed by atoms with Crippen LogP contribution in [0.25, 0.3) is 33.4 Å². The molecule has 67 heavy (non-hydrogen) atoms. The highest BCUT2D eigenvalue weighted by molar-refractivity contribution is 7.10. The smallest absolute Gasteiger partial charge is 0.324 e. The van der Waals surface area contributed by atoms with Crippen LogP contribution in [0.2, 0.25) is 0 Å². The fraction of sp³-hybridized carbons (Fsp3) is 0.620. The zero-order valence-electron chi connectivity index (χ0n) is 39.4. The van der Waals surface area contributed by atoms with E-state index in [1.807, 2.05) is 26.1 Å². The summed E-state index contributed by atoms with van der Waals surface area (Å²) in [6.07, 6.45) is 6.28. The molecule has 6 bridgehead atoms. The average molecular weight is 940 g/mol. The summed E-state index contributed by atoms with van der Waals surface area (Å²) in [5.74, 6) is -1.09. The third kappa shape index (κ3) is 9.30. The molecule has 2 N–H and O–H groups in total. The van der Waals surface area contributed by atoms with E-state index in [2.05, 4.69) is 63.7 Å². The van der Waals surface area contributed by atoms with E-state index in [1.54, 1.807) is 7.11 Å². The molecule has 360 valence electrons. The van der Waals surface area contributed by atoms with Gasteiger partial charge in [0.2, 0.25) is 5.91 Å². The summed E-state index contributed by atoms with van der Waals surface area (Å²) in [5, 5.41) is 8.49. The van der Waals surface area contributed by atoms with E-state index in [4.69, 9.17) is 38.4 Å². The van der Waals surface area contributed by atoms with Gasteiger partial charge in [-0.3, -0.25) is 29.3 Å². The second-order valence-electron chi connectivity index (χ2n) is 20.2. The molecular weight excluding hydrogens is 875 g/mol. The van der Waals surface area contributed by atoms with Crippen LogP contribution >= 0.6 is 11.3 Å². The minimum Gasteiger partial charge on any atom is -0.464 e. The third-order valence-corrected chi connectivity index (χ3v) is 15.6. The first-order valence-corrected chi connectivity index (χ1v) is 25.1. The number of esters is 1. The summed E-state index contributed by atoms with van der Waals surface area (Å²) in [6, 6.07) is 8.19. The zero-order chi connectivity index (χ0) is 46.5. The Labute approximate surface area is 396 Å². The number of pyridine rings is 1. The molecular formula is C50H65N7O9S. The quantitative estimate of drug-likeness (QED) is 0.184. The maximum atomic E-state index is 15.1. The fourth-order valence-corrected chi connectivity index (χ4v) is 11.9. The molecule has 0 saturated carbocycles. The van der Waals surface area contributed by atoms with Crippen LogP contribution in [-0.4, -0.2) is 139 Å². The van der Waals surface area contributed by atoms with E-state index in [0.717, 1.165) is 70.4 Å². The number of carbonyl (C=O) groups excluding carboxylic acids is 3. The summed E-state index contributed by atoms with van der Waals surface area (Å²) in [7, 11) is 1.70. The van der Waals surface area contributed by atoms with Gasteiger partial charge in [-0.1, -0.05) is 26.8 Å². The van der Waals surface area contributed by atoms with Gasteiger partial charge in [-0.05, 0) is 81.7 Å². The molecule has 4 aromatic rings. The summed E-state index contributed by atoms with van der Waals surface area (Å²) in [5.41, 5.74) is 9.07. The van der Waals surface area contributed by atoms with E-state index in [-0.39, 0.29) is 42.1 Å². The Bertz CT molecular complexity index is 2450. The molecule has 6 aliphatic heterocycles. The van der Waals surface area contributed by atoms with Crippen molar-refractivity contribution in [2.24, 2.45) is 11.3 Å². The Morgan fingerprint density at radius 1 is 1.10 bits per heavy atom. The van der Waals surface area contributed by atoms with Gasteiger partial charge in [0.15, 0.2) is 0 Å². The third-order valence-electron chi connectivity index (χ3n) is 14.7. The number of amides is 2. The van der Waals surface area contributed by atoms with Crippen LogP contribution in [0.3, 0.4) is 0 Å². The van der Waals surface area contributed by atoms with Crippen molar-refractivity contribution in [3.63, 3.8) is 0 Å². The first-order valence-electron chi connectivity index (χ1n) is 24.2. The van der Waals surface area contributed by atoms with Crippen LogP contribution in [0, 0.1) is 11.3 Å². The first-order chi connectivity index (χ1) is 32.4.